The summed E-state index contributed by atoms with van der Waals surface area (Å²) in [6, 6.07) is 5.23. The van der Waals surface area contributed by atoms with Crippen LogP contribution in [0.15, 0.2) is 29.2 Å². The Morgan fingerprint density at radius 1 is 1.24 bits per heavy atom. The van der Waals surface area contributed by atoms with Crippen LogP contribution in [-0.4, -0.2) is 48.8 Å². The number of methoxy groups -OCH3 is 1. The molecule has 1 aromatic rings. The number of rotatable bonds is 8. The summed E-state index contributed by atoms with van der Waals surface area (Å²) >= 11 is 0. The number of hydrogen-bond acceptors (Lipinski definition) is 6. The highest BCUT2D eigenvalue weighted by atomic mass is 32.2. The number of nitrogens with one attached hydrogen (secondary N) is 1. The first-order chi connectivity index (χ1) is 11.7. The van der Waals surface area contributed by atoms with E-state index in [2.05, 4.69) is 4.72 Å². The molecule has 1 N–H and O–H groups in total. The van der Waals surface area contributed by atoms with Gasteiger partial charge in [-0.2, -0.15) is 0 Å². The zero-order chi connectivity index (χ0) is 18.7. The molecule has 2 rings (SSSR count). The van der Waals surface area contributed by atoms with Gasteiger partial charge in [-0.3, -0.25) is 4.79 Å². The molecule has 1 aliphatic rings. The molecule has 0 radical (unpaired) electrons. The second-order valence-electron chi connectivity index (χ2n) is 5.87. The lowest BCUT2D eigenvalue weighted by molar-refractivity contribution is -0.119. The van der Waals surface area contributed by atoms with E-state index in [9.17, 15) is 21.6 Å². The summed E-state index contributed by atoms with van der Waals surface area (Å²) in [5.74, 6) is -1.36. The molecule has 140 valence electrons. The Bertz CT molecular complexity index is 818. The molecule has 0 bridgehead atoms. The quantitative estimate of drug-likeness (QED) is 0.655. The molecule has 1 amide bonds. The lowest BCUT2D eigenvalue weighted by atomic mass is 10.2. The van der Waals surface area contributed by atoms with Crippen molar-refractivity contribution >= 4 is 31.6 Å². The molecule has 0 aromatic heterocycles. The Morgan fingerprint density at radius 2 is 1.88 bits per heavy atom. The van der Waals surface area contributed by atoms with Crippen molar-refractivity contribution in [3.05, 3.63) is 24.3 Å². The number of benzene rings is 1. The Hall–Kier alpha value is -1.49. The van der Waals surface area contributed by atoms with E-state index in [0.717, 1.165) is 10.7 Å². The van der Waals surface area contributed by atoms with E-state index in [1.54, 1.807) is 14.0 Å². The number of unbranched alkanes of at least 4 members (excludes halogenated alkanes) is 1. The third kappa shape index (κ3) is 4.57. The molecule has 0 spiro atoms. The van der Waals surface area contributed by atoms with Crippen molar-refractivity contribution in [2.75, 3.05) is 30.3 Å². The van der Waals surface area contributed by atoms with Crippen molar-refractivity contribution in [2.45, 2.75) is 24.7 Å². The first-order valence-corrected chi connectivity index (χ1v) is 10.9. The van der Waals surface area contributed by atoms with E-state index in [1.165, 1.54) is 24.3 Å². The molecule has 0 saturated carbocycles. The highest BCUT2D eigenvalue weighted by Crippen LogP contribution is 2.28. The second-order valence-corrected chi connectivity index (χ2v) is 9.50. The van der Waals surface area contributed by atoms with Crippen LogP contribution >= 0.6 is 0 Å². The molecule has 1 saturated heterocycles. The summed E-state index contributed by atoms with van der Waals surface area (Å²) in [6.45, 7) is 2.39. The first-order valence-electron chi connectivity index (χ1n) is 7.84. The summed E-state index contributed by atoms with van der Waals surface area (Å²) in [5.41, 5.74) is 0.147. The number of amides is 1. The van der Waals surface area contributed by atoms with Crippen LogP contribution in [0.3, 0.4) is 0 Å². The maximum Gasteiger partial charge on any atom is 0.244 e. The van der Waals surface area contributed by atoms with Gasteiger partial charge in [-0.05, 0) is 37.1 Å². The van der Waals surface area contributed by atoms with Crippen LogP contribution in [0, 0.1) is 5.92 Å². The maximum atomic E-state index is 12.2. The van der Waals surface area contributed by atoms with Crippen LogP contribution in [0.2, 0.25) is 0 Å². The van der Waals surface area contributed by atoms with Gasteiger partial charge in [0.2, 0.25) is 26.0 Å². The smallest absolute Gasteiger partial charge is 0.244 e. The summed E-state index contributed by atoms with van der Waals surface area (Å²) < 4.78 is 56.6. The first kappa shape index (κ1) is 19.8. The minimum atomic E-state index is -3.70. The predicted octanol–water partition coefficient (Wildman–Crippen LogP) is 0.704. The van der Waals surface area contributed by atoms with Crippen LogP contribution in [-0.2, 0) is 29.6 Å². The van der Waals surface area contributed by atoms with Gasteiger partial charge in [0, 0.05) is 20.3 Å². The second kappa shape index (κ2) is 7.81. The van der Waals surface area contributed by atoms with Gasteiger partial charge >= 0.3 is 0 Å². The number of anilines is 1. The van der Waals surface area contributed by atoms with Gasteiger partial charge in [0.05, 0.1) is 22.3 Å². The number of nitrogens with zero attached hydrogens (tertiary/aromatic N) is 1. The summed E-state index contributed by atoms with van der Waals surface area (Å²) in [4.78, 5) is 12.1. The van der Waals surface area contributed by atoms with Crippen molar-refractivity contribution in [1.29, 1.82) is 0 Å². The largest absolute Gasteiger partial charge is 0.385 e. The van der Waals surface area contributed by atoms with Crippen molar-refractivity contribution in [3.63, 3.8) is 0 Å². The predicted molar refractivity (Wildman–Crippen MR) is 93.2 cm³/mol. The number of carbonyl (C=O) groups excluding carboxylic acids is 1. The molecular formula is C15H22N2O6S2. The molecule has 1 aromatic carbocycles. The highest BCUT2D eigenvalue weighted by Gasteiger charge is 2.41. The van der Waals surface area contributed by atoms with Gasteiger partial charge in [0.1, 0.15) is 0 Å². The van der Waals surface area contributed by atoms with Gasteiger partial charge in [-0.1, -0.05) is 6.92 Å². The van der Waals surface area contributed by atoms with E-state index in [1.807, 2.05) is 0 Å². The van der Waals surface area contributed by atoms with Gasteiger partial charge in [-0.25, -0.2) is 25.9 Å². The molecule has 25 heavy (non-hydrogen) atoms. The summed E-state index contributed by atoms with van der Waals surface area (Å²) in [6.07, 6.45) is 1.38. The van der Waals surface area contributed by atoms with Gasteiger partial charge in [-0.15, -0.1) is 0 Å². The Kier molecular flexibility index (Phi) is 6.20. The van der Waals surface area contributed by atoms with E-state index >= 15 is 0 Å². The van der Waals surface area contributed by atoms with E-state index in [4.69, 9.17) is 4.74 Å². The van der Waals surface area contributed by atoms with Crippen molar-refractivity contribution in [2.24, 2.45) is 5.92 Å². The summed E-state index contributed by atoms with van der Waals surface area (Å²) in [7, 11) is -5.81. The molecule has 0 aliphatic carbocycles. The number of sulfonamides is 2. The standard InChI is InChI=1S/C15H22N2O6S2/c1-12-11-24(19,20)17(15(12)18)13-5-7-14(8-6-13)25(21,22)16-9-3-4-10-23-2/h5-8,12,16H,3-4,9-11H2,1-2H3. The number of carbonyl (C=O) groups is 1. The van der Waals surface area contributed by atoms with E-state index in [0.29, 0.717) is 13.0 Å². The monoisotopic (exact) mass is 390 g/mol. The van der Waals surface area contributed by atoms with Crippen LogP contribution < -0.4 is 9.03 Å². The zero-order valence-electron chi connectivity index (χ0n) is 14.1. The van der Waals surface area contributed by atoms with Crippen molar-refractivity contribution < 1.29 is 26.4 Å². The molecule has 1 atom stereocenters. The van der Waals surface area contributed by atoms with Crippen LogP contribution in [0.5, 0.6) is 0 Å². The van der Waals surface area contributed by atoms with E-state index < -0.39 is 31.9 Å². The molecule has 8 nitrogen and oxygen atoms in total. The van der Waals surface area contributed by atoms with E-state index in [-0.39, 0.29) is 22.9 Å². The SMILES string of the molecule is COCCCCNS(=O)(=O)c1ccc(N2C(=O)C(C)CS2(=O)=O)cc1. The maximum absolute atomic E-state index is 12.2. The van der Waals surface area contributed by atoms with Crippen molar-refractivity contribution in [3.8, 4) is 0 Å². The Morgan fingerprint density at radius 3 is 2.40 bits per heavy atom. The third-order valence-corrected chi connectivity index (χ3v) is 7.15. The fraction of sp³-hybridized carbons (Fsp3) is 0.533. The topological polar surface area (TPSA) is 110 Å². The average Bonchev–Trinajstić information content (AvgIpc) is 2.75. The number of ether oxygens (including phenoxy) is 1. The lowest BCUT2D eigenvalue weighted by Crippen LogP contribution is -2.30. The van der Waals surface area contributed by atoms with Crippen LogP contribution in [0.4, 0.5) is 5.69 Å². The normalized spacial score (nSPS) is 20.2. The molecule has 10 heteroatoms. The van der Waals surface area contributed by atoms with Crippen LogP contribution in [0.25, 0.3) is 0 Å². The minimum absolute atomic E-state index is 0.0140. The Labute approximate surface area is 148 Å². The molecule has 1 heterocycles. The fourth-order valence-corrected chi connectivity index (χ4v) is 5.40. The zero-order valence-corrected chi connectivity index (χ0v) is 15.8. The molecular weight excluding hydrogens is 368 g/mol. The highest BCUT2D eigenvalue weighted by molar-refractivity contribution is 7.94. The van der Waals surface area contributed by atoms with Crippen LogP contribution in [0.1, 0.15) is 19.8 Å². The van der Waals surface area contributed by atoms with Gasteiger partial charge < -0.3 is 4.74 Å². The Balaban J connectivity index is 2.10. The third-order valence-electron chi connectivity index (χ3n) is 3.81. The van der Waals surface area contributed by atoms with Crippen molar-refractivity contribution in [1.82, 2.24) is 4.72 Å². The molecule has 1 unspecified atom stereocenters. The van der Waals surface area contributed by atoms with Gasteiger partial charge in [0.25, 0.3) is 0 Å². The minimum Gasteiger partial charge on any atom is -0.385 e. The number of hydrogen-bond donors (Lipinski definition) is 1. The molecule has 1 fully saturated rings. The molecule has 1 aliphatic heterocycles. The average molecular weight is 390 g/mol. The summed E-state index contributed by atoms with van der Waals surface area (Å²) in [5, 5.41) is 0. The van der Waals surface area contributed by atoms with Gasteiger partial charge in [0.15, 0.2) is 0 Å². The fourth-order valence-electron chi connectivity index (χ4n) is 2.51. The lowest BCUT2D eigenvalue weighted by Gasteiger charge is -2.15.